The molecule has 3 rings (SSSR count). The van der Waals surface area contributed by atoms with Gasteiger partial charge >= 0.3 is 5.97 Å². The number of nitrogens with zero attached hydrogens (tertiary/aromatic N) is 1. The first kappa shape index (κ1) is 20.2. The van der Waals surface area contributed by atoms with Crippen LogP contribution in [-0.2, 0) is 19.1 Å². The highest BCUT2D eigenvalue weighted by Gasteiger charge is 2.30. The Labute approximate surface area is 168 Å². The molecule has 1 atom stereocenters. The molecular formula is C21H22ClNO5. The maximum Gasteiger partial charge on any atom is 0.345 e. The van der Waals surface area contributed by atoms with Crippen molar-refractivity contribution < 1.29 is 23.8 Å². The zero-order valence-electron chi connectivity index (χ0n) is 15.6. The SMILES string of the molecule is Cc1cc(Cl)ccc1OCC(=O)O[C@H](C(=O)N1CCOCC1)c1ccccc1. The molecule has 28 heavy (non-hydrogen) atoms. The fraction of sp³-hybridized carbons (Fsp3) is 0.333. The van der Waals surface area contributed by atoms with Crippen LogP contribution in [0.2, 0.25) is 5.02 Å². The topological polar surface area (TPSA) is 65.1 Å². The van der Waals surface area contributed by atoms with E-state index in [2.05, 4.69) is 0 Å². The molecule has 0 unspecified atom stereocenters. The van der Waals surface area contributed by atoms with Crippen molar-refractivity contribution in [1.82, 2.24) is 4.90 Å². The number of morpholine rings is 1. The van der Waals surface area contributed by atoms with Gasteiger partial charge in [0.1, 0.15) is 5.75 Å². The number of carbonyl (C=O) groups is 2. The number of hydrogen-bond acceptors (Lipinski definition) is 5. The van der Waals surface area contributed by atoms with Gasteiger partial charge in [-0.15, -0.1) is 0 Å². The summed E-state index contributed by atoms with van der Waals surface area (Å²) in [6.45, 7) is 3.42. The van der Waals surface area contributed by atoms with E-state index >= 15 is 0 Å². The maximum atomic E-state index is 12.9. The normalized spacial score (nSPS) is 15.0. The fourth-order valence-electron chi connectivity index (χ4n) is 2.92. The van der Waals surface area contributed by atoms with Crippen LogP contribution in [0.25, 0.3) is 0 Å². The van der Waals surface area contributed by atoms with Crippen LogP contribution in [0.15, 0.2) is 48.5 Å². The van der Waals surface area contributed by atoms with Crippen LogP contribution in [0, 0.1) is 6.92 Å². The van der Waals surface area contributed by atoms with E-state index in [1.165, 1.54) is 0 Å². The lowest BCUT2D eigenvalue weighted by molar-refractivity contribution is -0.164. The number of rotatable bonds is 6. The summed E-state index contributed by atoms with van der Waals surface area (Å²) in [4.78, 5) is 27.0. The van der Waals surface area contributed by atoms with Crippen molar-refractivity contribution in [3.05, 3.63) is 64.7 Å². The monoisotopic (exact) mass is 403 g/mol. The molecule has 0 N–H and O–H groups in total. The smallest absolute Gasteiger partial charge is 0.345 e. The van der Waals surface area contributed by atoms with Crippen LogP contribution < -0.4 is 4.74 Å². The predicted octanol–water partition coefficient (Wildman–Crippen LogP) is 3.17. The van der Waals surface area contributed by atoms with Gasteiger partial charge in [0.05, 0.1) is 13.2 Å². The van der Waals surface area contributed by atoms with Crippen molar-refractivity contribution in [2.45, 2.75) is 13.0 Å². The number of aryl methyl sites for hydroxylation is 1. The minimum atomic E-state index is -1.01. The number of amides is 1. The van der Waals surface area contributed by atoms with Crippen molar-refractivity contribution in [3.8, 4) is 5.75 Å². The predicted molar refractivity (Wildman–Crippen MR) is 104 cm³/mol. The summed E-state index contributed by atoms with van der Waals surface area (Å²) in [6.07, 6.45) is -1.01. The Morgan fingerprint density at radius 2 is 1.86 bits per heavy atom. The van der Waals surface area contributed by atoms with Gasteiger partial charge in [-0.05, 0) is 30.7 Å². The molecule has 7 heteroatoms. The van der Waals surface area contributed by atoms with Gasteiger partial charge in [0.25, 0.3) is 5.91 Å². The quantitative estimate of drug-likeness (QED) is 0.693. The van der Waals surface area contributed by atoms with Crippen LogP contribution in [0.3, 0.4) is 0 Å². The van der Waals surface area contributed by atoms with Crippen molar-refractivity contribution in [2.75, 3.05) is 32.9 Å². The average molecular weight is 404 g/mol. The number of benzene rings is 2. The summed E-state index contributed by atoms with van der Waals surface area (Å²) in [5.74, 6) is -0.340. The standard InChI is InChI=1S/C21H22ClNO5/c1-15-13-17(22)7-8-18(15)27-14-19(24)28-20(16-5-3-2-4-6-16)21(25)23-9-11-26-12-10-23/h2-8,13,20H,9-12,14H2,1H3/t20-/m0/s1. The van der Waals surface area contributed by atoms with Crippen LogP contribution in [0.5, 0.6) is 5.75 Å². The number of ether oxygens (including phenoxy) is 3. The van der Waals surface area contributed by atoms with E-state index in [1.54, 1.807) is 47.4 Å². The Hall–Kier alpha value is -2.57. The van der Waals surface area contributed by atoms with Crippen LogP contribution in [0.4, 0.5) is 0 Å². The Balaban J connectivity index is 1.68. The van der Waals surface area contributed by atoms with Crippen LogP contribution in [-0.4, -0.2) is 49.7 Å². The lowest BCUT2D eigenvalue weighted by Gasteiger charge is -2.30. The maximum absolute atomic E-state index is 12.9. The van der Waals surface area contributed by atoms with Crippen molar-refractivity contribution in [2.24, 2.45) is 0 Å². The molecule has 1 aliphatic rings. The van der Waals surface area contributed by atoms with E-state index in [-0.39, 0.29) is 12.5 Å². The van der Waals surface area contributed by atoms with Crippen molar-refractivity contribution in [3.63, 3.8) is 0 Å². The molecule has 0 radical (unpaired) electrons. The number of halogens is 1. The van der Waals surface area contributed by atoms with Gasteiger partial charge in [0.15, 0.2) is 6.61 Å². The van der Waals surface area contributed by atoms with Gasteiger partial charge in [-0.3, -0.25) is 4.79 Å². The van der Waals surface area contributed by atoms with E-state index in [1.807, 2.05) is 13.0 Å². The summed E-state index contributed by atoms with van der Waals surface area (Å²) in [5.41, 5.74) is 1.43. The third kappa shape index (κ3) is 5.24. The Morgan fingerprint density at radius 1 is 1.14 bits per heavy atom. The lowest BCUT2D eigenvalue weighted by atomic mass is 10.1. The van der Waals surface area contributed by atoms with E-state index in [9.17, 15) is 9.59 Å². The van der Waals surface area contributed by atoms with Gasteiger partial charge in [-0.25, -0.2) is 4.79 Å². The van der Waals surface area contributed by atoms with Crippen LogP contribution in [0.1, 0.15) is 17.2 Å². The molecule has 1 amide bonds. The van der Waals surface area contributed by atoms with E-state index in [0.717, 1.165) is 5.56 Å². The second-order valence-electron chi connectivity index (χ2n) is 6.42. The zero-order chi connectivity index (χ0) is 19.9. The van der Waals surface area contributed by atoms with Gasteiger partial charge < -0.3 is 19.1 Å². The molecule has 0 spiro atoms. The van der Waals surface area contributed by atoms with Gasteiger partial charge in [-0.2, -0.15) is 0 Å². The molecule has 0 aliphatic carbocycles. The molecule has 1 heterocycles. The summed E-state index contributed by atoms with van der Waals surface area (Å²) in [5, 5.41) is 0.590. The fourth-order valence-corrected chi connectivity index (χ4v) is 3.14. The average Bonchev–Trinajstić information content (AvgIpc) is 2.72. The summed E-state index contributed by atoms with van der Waals surface area (Å²) >= 11 is 5.93. The van der Waals surface area contributed by atoms with Crippen molar-refractivity contribution >= 4 is 23.5 Å². The molecule has 6 nitrogen and oxygen atoms in total. The third-order valence-electron chi connectivity index (χ3n) is 4.38. The second kappa shape index (κ2) is 9.57. The molecule has 1 aliphatic heterocycles. The first-order valence-corrected chi connectivity index (χ1v) is 9.42. The van der Waals surface area contributed by atoms with Crippen molar-refractivity contribution in [1.29, 1.82) is 0 Å². The third-order valence-corrected chi connectivity index (χ3v) is 4.62. The highest BCUT2D eigenvalue weighted by Crippen LogP contribution is 2.23. The molecular weight excluding hydrogens is 382 g/mol. The molecule has 2 aromatic rings. The van der Waals surface area contributed by atoms with E-state index in [4.69, 9.17) is 25.8 Å². The highest BCUT2D eigenvalue weighted by atomic mass is 35.5. The first-order valence-electron chi connectivity index (χ1n) is 9.04. The van der Waals surface area contributed by atoms with Crippen LogP contribution >= 0.6 is 11.6 Å². The van der Waals surface area contributed by atoms with E-state index in [0.29, 0.717) is 42.6 Å². The highest BCUT2D eigenvalue weighted by molar-refractivity contribution is 6.30. The number of carbonyl (C=O) groups excluding carboxylic acids is 2. The van der Waals surface area contributed by atoms with Gasteiger partial charge in [0, 0.05) is 23.7 Å². The molecule has 2 aromatic carbocycles. The number of esters is 1. The summed E-state index contributed by atoms with van der Waals surface area (Å²) < 4.78 is 16.3. The largest absolute Gasteiger partial charge is 0.482 e. The van der Waals surface area contributed by atoms with Gasteiger partial charge in [0.2, 0.25) is 6.10 Å². The molecule has 1 fully saturated rings. The summed E-state index contributed by atoms with van der Waals surface area (Å²) in [7, 11) is 0. The molecule has 0 aromatic heterocycles. The Kier molecular flexibility index (Phi) is 6.90. The second-order valence-corrected chi connectivity index (χ2v) is 6.85. The first-order chi connectivity index (χ1) is 13.5. The number of hydrogen-bond donors (Lipinski definition) is 0. The summed E-state index contributed by atoms with van der Waals surface area (Å²) in [6, 6.07) is 14.1. The molecule has 0 bridgehead atoms. The zero-order valence-corrected chi connectivity index (χ0v) is 16.4. The lowest BCUT2D eigenvalue weighted by Crippen LogP contribution is -2.44. The Bertz CT molecular complexity index is 821. The minimum Gasteiger partial charge on any atom is -0.482 e. The van der Waals surface area contributed by atoms with Gasteiger partial charge in [-0.1, -0.05) is 41.9 Å². The molecule has 1 saturated heterocycles. The Morgan fingerprint density at radius 3 is 2.54 bits per heavy atom. The molecule has 148 valence electrons. The molecule has 0 saturated carbocycles. The van der Waals surface area contributed by atoms with E-state index < -0.39 is 12.1 Å². The minimum absolute atomic E-state index is 0.259.